The van der Waals surface area contributed by atoms with Crippen LogP contribution in [0.3, 0.4) is 0 Å². The van der Waals surface area contributed by atoms with Gasteiger partial charge in [-0.2, -0.15) is 0 Å². The highest BCUT2D eigenvalue weighted by molar-refractivity contribution is 6.32. The van der Waals surface area contributed by atoms with Crippen molar-refractivity contribution in [3.05, 3.63) is 22.7 Å². The van der Waals surface area contributed by atoms with Crippen molar-refractivity contribution in [1.82, 2.24) is 4.90 Å². The molecule has 2 aliphatic rings. The predicted molar refractivity (Wildman–Crippen MR) is 87.5 cm³/mol. The van der Waals surface area contributed by atoms with E-state index in [0.717, 1.165) is 38.8 Å². The highest BCUT2D eigenvalue weighted by atomic mass is 35.5. The fourth-order valence-electron chi connectivity index (χ4n) is 2.88. The molecule has 6 nitrogen and oxygen atoms in total. The molecule has 1 amide bonds. The molecule has 1 aromatic carbocycles. The molecule has 0 aliphatic carbocycles. The molecular formula is C17H20ClNO5. The molecule has 1 saturated heterocycles. The van der Waals surface area contributed by atoms with E-state index in [-0.39, 0.29) is 29.9 Å². The zero-order valence-corrected chi connectivity index (χ0v) is 14.1. The van der Waals surface area contributed by atoms with Gasteiger partial charge < -0.3 is 19.1 Å². The van der Waals surface area contributed by atoms with E-state index < -0.39 is 5.97 Å². The smallest absolute Gasteiger partial charge is 0.338 e. The number of halogens is 1. The van der Waals surface area contributed by atoms with Crippen LogP contribution in [0.4, 0.5) is 0 Å². The lowest BCUT2D eigenvalue weighted by Crippen LogP contribution is -2.36. The molecule has 24 heavy (non-hydrogen) atoms. The number of carbonyl (C=O) groups excluding carboxylic acids is 2. The maximum atomic E-state index is 12.2. The first-order valence-electron chi connectivity index (χ1n) is 8.19. The van der Waals surface area contributed by atoms with Crippen LogP contribution in [0.25, 0.3) is 0 Å². The van der Waals surface area contributed by atoms with Crippen molar-refractivity contribution < 1.29 is 23.8 Å². The molecule has 1 aromatic rings. The van der Waals surface area contributed by atoms with Crippen LogP contribution in [0, 0.1) is 0 Å². The predicted octanol–water partition coefficient (Wildman–Crippen LogP) is 3.02. The summed E-state index contributed by atoms with van der Waals surface area (Å²) in [6, 6.07) is 2.97. The molecule has 130 valence electrons. The molecule has 0 unspecified atom stereocenters. The number of ether oxygens (including phenoxy) is 3. The Hall–Kier alpha value is -1.95. The van der Waals surface area contributed by atoms with Crippen LogP contribution in [0.2, 0.25) is 5.02 Å². The number of hydrogen-bond donors (Lipinski definition) is 0. The van der Waals surface area contributed by atoms with E-state index in [0.29, 0.717) is 11.5 Å². The van der Waals surface area contributed by atoms with Gasteiger partial charge in [0.1, 0.15) is 0 Å². The number of hydrogen-bond acceptors (Lipinski definition) is 5. The van der Waals surface area contributed by atoms with Crippen LogP contribution in [-0.4, -0.2) is 43.3 Å². The Morgan fingerprint density at radius 1 is 1.08 bits per heavy atom. The molecule has 1 fully saturated rings. The number of likely N-dealkylation sites (tertiary alicyclic amines) is 1. The van der Waals surface area contributed by atoms with E-state index in [9.17, 15) is 9.59 Å². The molecule has 2 heterocycles. The summed E-state index contributed by atoms with van der Waals surface area (Å²) in [4.78, 5) is 26.2. The number of esters is 1. The molecule has 0 saturated carbocycles. The van der Waals surface area contributed by atoms with Crippen molar-refractivity contribution in [3.63, 3.8) is 0 Å². The molecule has 2 aliphatic heterocycles. The molecule has 0 radical (unpaired) electrons. The molecule has 0 aromatic heterocycles. The molecular weight excluding hydrogens is 334 g/mol. The normalized spacial score (nSPS) is 17.1. The van der Waals surface area contributed by atoms with Crippen molar-refractivity contribution in [2.45, 2.75) is 32.1 Å². The summed E-state index contributed by atoms with van der Waals surface area (Å²) in [5.41, 5.74) is 0.240. The average Bonchev–Trinajstić information content (AvgIpc) is 3.01. The number of rotatable bonds is 3. The van der Waals surface area contributed by atoms with Crippen LogP contribution in [0.5, 0.6) is 11.5 Å². The van der Waals surface area contributed by atoms with E-state index in [1.165, 1.54) is 18.6 Å². The van der Waals surface area contributed by atoms with Crippen molar-refractivity contribution in [1.29, 1.82) is 0 Å². The zero-order valence-electron chi connectivity index (χ0n) is 13.4. The number of amides is 1. The summed E-state index contributed by atoms with van der Waals surface area (Å²) in [6.45, 7) is 1.27. The second-order valence-electron chi connectivity index (χ2n) is 5.92. The van der Waals surface area contributed by atoms with Crippen LogP contribution in [0.15, 0.2) is 12.1 Å². The van der Waals surface area contributed by atoms with Gasteiger partial charge in [0.2, 0.25) is 6.79 Å². The Labute approximate surface area is 145 Å². The van der Waals surface area contributed by atoms with Gasteiger partial charge in [0.05, 0.1) is 10.6 Å². The van der Waals surface area contributed by atoms with Crippen LogP contribution in [-0.2, 0) is 9.53 Å². The van der Waals surface area contributed by atoms with E-state index in [4.69, 9.17) is 25.8 Å². The van der Waals surface area contributed by atoms with Gasteiger partial charge in [-0.1, -0.05) is 30.9 Å². The van der Waals surface area contributed by atoms with Gasteiger partial charge in [-0.3, -0.25) is 4.79 Å². The van der Waals surface area contributed by atoms with E-state index >= 15 is 0 Å². The molecule has 0 spiro atoms. The lowest BCUT2D eigenvalue weighted by Gasteiger charge is -2.24. The minimum absolute atomic E-state index is 0.0704. The molecule has 3 rings (SSSR count). The van der Waals surface area contributed by atoms with Gasteiger partial charge in [-0.25, -0.2) is 4.79 Å². The third kappa shape index (κ3) is 3.93. The average molecular weight is 354 g/mol. The van der Waals surface area contributed by atoms with Gasteiger partial charge in [-0.15, -0.1) is 0 Å². The molecule has 0 atom stereocenters. The monoisotopic (exact) mass is 353 g/mol. The van der Waals surface area contributed by atoms with Crippen LogP contribution in [0.1, 0.15) is 42.5 Å². The van der Waals surface area contributed by atoms with Crippen LogP contribution < -0.4 is 9.47 Å². The van der Waals surface area contributed by atoms with Gasteiger partial charge in [0, 0.05) is 13.1 Å². The summed E-state index contributed by atoms with van der Waals surface area (Å²) < 4.78 is 15.6. The maximum Gasteiger partial charge on any atom is 0.338 e. The van der Waals surface area contributed by atoms with Crippen molar-refractivity contribution in [3.8, 4) is 11.5 Å². The second-order valence-corrected chi connectivity index (χ2v) is 6.32. The minimum atomic E-state index is -0.601. The summed E-state index contributed by atoms with van der Waals surface area (Å²) in [6.07, 6.45) is 5.50. The first-order valence-corrected chi connectivity index (χ1v) is 8.57. The van der Waals surface area contributed by atoms with E-state index in [1.54, 1.807) is 4.90 Å². The van der Waals surface area contributed by atoms with Crippen molar-refractivity contribution >= 4 is 23.5 Å². The first kappa shape index (κ1) is 16.9. The summed E-state index contributed by atoms with van der Waals surface area (Å²) in [5.74, 6) is 0.0714. The lowest BCUT2D eigenvalue weighted by atomic mass is 10.1. The first-order chi connectivity index (χ1) is 11.6. The SMILES string of the molecule is O=C(OCC(=O)N1CCCCCCC1)c1cc(Cl)c2c(c1)OCO2. The molecule has 0 N–H and O–H groups in total. The fourth-order valence-corrected chi connectivity index (χ4v) is 3.15. The Balaban J connectivity index is 1.57. The quantitative estimate of drug-likeness (QED) is 0.781. The van der Waals surface area contributed by atoms with E-state index in [2.05, 4.69) is 0 Å². The summed E-state index contributed by atoms with van der Waals surface area (Å²) in [5, 5.41) is 0.284. The lowest BCUT2D eigenvalue weighted by molar-refractivity contribution is -0.134. The largest absolute Gasteiger partial charge is 0.454 e. The van der Waals surface area contributed by atoms with Crippen molar-refractivity contribution in [2.24, 2.45) is 0 Å². The number of nitrogens with zero attached hydrogens (tertiary/aromatic N) is 1. The highest BCUT2D eigenvalue weighted by Crippen LogP contribution is 2.39. The number of benzene rings is 1. The Morgan fingerprint density at radius 3 is 2.54 bits per heavy atom. The number of carbonyl (C=O) groups is 2. The molecule has 0 bridgehead atoms. The van der Waals surface area contributed by atoms with Crippen molar-refractivity contribution in [2.75, 3.05) is 26.5 Å². The van der Waals surface area contributed by atoms with Crippen LogP contribution >= 0.6 is 11.6 Å². The third-order valence-corrected chi connectivity index (χ3v) is 4.48. The standard InChI is InChI=1S/C17H20ClNO5/c18-13-8-12(9-14-16(13)24-11-23-14)17(21)22-10-15(20)19-6-4-2-1-3-5-7-19/h8-9H,1-7,10-11H2. The van der Waals surface area contributed by atoms with Gasteiger partial charge in [0.15, 0.2) is 18.1 Å². The third-order valence-electron chi connectivity index (χ3n) is 4.20. The fraction of sp³-hybridized carbons (Fsp3) is 0.529. The van der Waals surface area contributed by atoms with Gasteiger partial charge >= 0.3 is 5.97 Å². The maximum absolute atomic E-state index is 12.2. The minimum Gasteiger partial charge on any atom is -0.454 e. The topological polar surface area (TPSA) is 65.1 Å². The molecule has 7 heteroatoms. The second kappa shape index (κ2) is 7.75. The van der Waals surface area contributed by atoms with Gasteiger partial charge in [0.25, 0.3) is 5.91 Å². The van der Waals surface area contributed by atoms with Gasteiger partial charge in [-0.05, 0) is 25.0 Å². The summed E-state index contributed by atoms with van der Waals surface area (Å²) in [7, 11) is 0. The Morgan fingerprint density at radius 2 is 1.79 bits per heavy atom. The highest BCUT2D eigenvalue weighted by Gasteiger charge is 2.22. The zero-order chi connectivity index (χ0) is 16.9. The summed E-state index contributed by atoms with van der Waals surface area (Å²) >= 11 is 6.05. The van der Waals surface area contributed by atoms with E-state index in [1.807, 2.05) is 0 Å². The number of fused-ring (bicyclic) bond motifs is 1. The Kier molecular flexibility index (Phi) is 5.45. The Bertz CT molecular complexity index is 626.